The van der Waals surface area contributed by atoms with Crippen LogP contribution >= 0.6 is 0 Å². The number of rotatable bonds is 4. The molecule has 0 spiro atoms. The Morgan fingerprint density at radius 1 is 1.23 bits per heavy atom. The molecule has 4 heteroatoms. The van der Waals surface area contributed by atoms with E-state index in [0.29, 0.717) is 11.6 Å². The van der Waals surface area contributed by atoms with Gasteiger partial charge in [0.2, 0.25) is 0 Å². The van der Waals surface area contributed by atoms with Crippen LogP contribution in [0.25, 0.3) is 0 Å². The van der Waals surface area contributed by atoms with Gasteiger partial charge in [-0.05, 0) is 55.3 Å². The molecular formula is C18H18FN3. The second kappa shape index (κ2) is 5.78. The number of nitriles is 1. The van der Waals surface area contributed by atoms with Crippen LogP contribution in [0.4, 0.5) is 10.1 Å². The molecule has 1 fully saturated rings. The highest BCUT2D eigenvalue weighted by Gasteiger charge is 2.33. The molecule has 0 saturated heterocycles. The Balaban J connectivity index is 2.06. The molecular weight excluding hydrogens is 277 g/mol. The lowest BCUT2D eigenvalue weighted by atomic mass is 9.95. The van der Waals surface area contributed by atoms with E-state index in [2.05, 4.69) is 18.0 Å². The maximum Gasteiger partial charge on any atom is 0.146 e. The maximum absolute atomic E-state index is 13.5. The molecule has 1 atom stereocenters. The number of anilines is 1. The van der Waals surface area contributed by atoms with Crippen molar-refractivity contribution in [3.05, 3.63) is 65.0 Å². The van der Waals surface area contributed by atoms with Crippen molar-refractivity contribution in [2.75, 3.05) is 12.8 Å². The second-order valence-electron chi connectivity index (χ2n) is 5.82. The first kappa shape index (κ1) is 14.6. The van der Waals surface area contributed by atoms with Gasteiger partial charge in [0.1, 0.15) is 5.82 Å². The fourth-order valence-corrected chi connectivity index (χ4v) is 2.87. The smallest absolute Gasteiger partial charge is 0.146 e. The van der Waals surface area contributed by atoms with E-state index in [9.17, 15) is 4.39 Å². The number of nitrogen functional groups attached to an aromatic ring is 1. The van der Waals surface area contributed by atoms with Crippen LogP contribution in [0.2, 0.25) is 0 Å². The lowest BCUT2D eigenvalue weighted by Gasteiger charge is -2.29. The Labute approximate surface area is 129 Å². The van der Waals surface area contributed by atoms with Crippen LogP contribution in [0.3, 0.4) is 0 Å². The quantitative estimate of drug-likeness (QED) is 0.879. The van der Waals surface area contributed by atoms with Gasteiger partial charge in [0, 0.05) is 6.04 Å². The van der Waals surface area contributed by atoms with E-state index in [1.807, 2.05) is 18.2 Å². The van der Waals surface area contributed by atoms with Gasteiger partial charge >= 0.3 is 0 Å². The molecule has 1 aliphatic carbocycles. The van der Waals surface area contributed by atoms with E-state index >= 15 is 0 Å². The number of hydrogen-bond acceptors (Lipinski definition) is 3. The van der Waals surface area contributed by atoms with Gasteiger partial charge in [0.25, 0.3) is 0 Å². The summed E-state index contributed by atoms with van der Waals surface area (Å²) in [5.41, 5.74) is 8.50. The molecule has 3 rings (SSSR count). The lowest BCUT2D eigenvalue weighted by Crippen LogP contribution is -2.27. The summed E-state index contributed by atoms with van der Waals surface area (Å²) in [7, 11) is 2.07. The highest BCUT2D eigenvalue weighted by Crippen LogP contribution is 2.37. The average Bonchev–Trinajstić information content (AvgIpc) is 3.36. The first-order chi connectivity index (χ1) is 10.6. The van der Waals surface area contributed by atoms with Crippen LogP contribution in [-0.4, -0.2) is 18.0 Å². The van der Waals surface area contributed by atoms with Crippen molar-refractivity contribution >= 4 is 5.69 Å². The largest absolute Gasteiger partial charge is 0.396 e. The van der Waals surface area contributed by atoms with E-state index in [0.717, 1.165) is 11.1 Å². The van der Waals surface area contributed by atoms with Crippen molar-refractivity contribution in [2.24, 2.45) is 0 Å². The van der Waals surface area contributed by atoms with E-state index in [-0.39, 0.29) is 11.7 Å². The molecule has 2 N–H and O–H groups in total. The summed E-state index contributed by atoms with van der Waals surface area (Å²) in [5, 5.41) is 9.12. The summed E-state index contributed by atoms with van der Waals surface area (Å²) in [6.07, 6.45) is 2.34. The van der Waals surface area contributed by atoms with Crippen LogP contribution in [0.15, 0.2) is 42.5 Å². The van der Waals surface area contributed by atoms with E-state index in [1.54, 1.807) is 18.2 Å². The summed E-state index contributed by atoms with van der Waals surface area (Å²) in [6.45, 7) is 0. The Bertz CT molecular complexity index is 731. The van der Waals surface area contributed by atoms with Gasteiger partial charge in [-0.25, -0.2) is 4.39 Å². The van der Waals surface area contributed by atoms with E-state index < -0.39 is 5.82 Å². The molecule has 3 nitrogen and oxygen atoms in total. The summed E-state index contributed by atoms with van der Waals surface area (Å²) in [6, 6.07) is 15.1. The van der Waals surface area contributed by atoms with E-state index in [1.165, 1.54) is 18.9 Å². The van der Waals surface area contributed by atoms with Gasteiger partial charge in [-0.15, -0.1) is 0 Å². The fourth-order valence-electron chi connectivity index (χ4n) is 2.87. The highest BCUT2D eigenvalue weighted by molar-refractivity contribution is 5.47. The molecule has 0 bridgehead atoms. The molecule has 1 saturated carbocycles. The van der Waals surface area contributed by atoms with Crippen LogP contribution in [0, 0.1) is 17.1 Å². The Morgan fingerprint density at radius 2 is 1.95 bits per heavy atom. The van der Waals surface area contributed by atoms with Gasteiger partial charge in [-0.3, -0.25) is 4.90 Å². The van der Waals surface area contributed by atoms with Crippen molar-refractivity contribution in [1.29, 1.82) is 5.26 Å². The number of halogens is 1. The molecule has 0 aromatic heterocycles. The van der Waals surface area contributed by atoms with Crippen molar-refractivity contribution in [1.82, 2.24) is 4.90 Å². The second-order valence-corrected chi connectivity index (χ2v) is 5.82. The summed E-state index contributed by atoms with van der Waals surface area (Å²) in [5.74, 6) is -0.401. The number of benzene rings is 2. The van der Waals surface area contributed by atoms with Gasteiger partial charge < -0.3 is 5.73 Å². The monoisotopic (exact) mass is 295 g/mol. The van der Waals surface area contributed by atoms with Crippen LogP contribution in [0.1, 0.15) is 35.6 Å². The molecule has 22 heavy (non-hydrogen) atoms. The molecule has 1 aliphatic rings. The molecule has 0 heterocycles. The third-order valence-electron chi connectivity index (χ3n) is 4.20. The zero-order valence-electron chi connectivity index (χ0n) is 12.5. The minimum absolute atomic E-state index is 0.0244. The minimum Gasteiger partial charge on any atom is -0.396 e. The van der Waals surface area contributed by atoms with Gasteiger partial charge in [-0.2, -0.15) is 5.26 Å². The molecule has 2 aromatic carbocycles. The lowest BCUT2D eigenvalue weighted by molar-refractivity contribution is 0.268. The first-order valence-corrected chi connectivity index (χ1v) is 7.37. The van der Waals surface area contributed by atoms with E-state index in [4.69, 9.17) is 11.0 Å². The predicted molar refractivity (Wildman–Crippen MR) is 84.6 cm³/mol. The van der Waals surface area contributed by atoms with Crippen LogP contribution in [-0.2, 0) is 0 Å². The number of nitrogens with zero attached hydrogens (tertiary/aromatic N) is 2. The third-order valence-corrected chi connectivity index (χ3v) is 4.20. The standard InChI is InChI=1S/C18H18FN3/c1-22(15-6-7-15)18(13-4-2-3-12(9-13)11-20)14-5-8-16(19)17(21)10-14/h2-5,8-10,15,18H,6-7,21H2,1H3. The Morgan fingerprint density at radius 3 is 2.59 bits per heavy atom. The van der Waals surface area contributed by atoms with Crippen molar-refractivity contribution in [2.45, 2.75) is 24.9 Å². The minimum atomic E-state index is -0.401. The normalized spacial score (nSPS) is 15.5. The first-order valence-electron chi connectivity index (χ1n) is 7.37. The van der Waals surface area contributed by atoms with Gasteiger partial charge in [-0.1, -0.05) is 18.2 Å². The molecule has 0 amide bonds. The zero-order chi connectivity index (χ0) is 15.7. The summed E-state index contributed by atoms with van der Waals surface area (Å²) in [4.78, 5) is 2.28. The van der Waals surface area contributed by atoms with Crippen LogP contribution < -0.4 is 5.73 Å². The molecule has 2 aromatic rings. The van der Waals surface area contributed by atoms with Crippen molar-refractivity contribution in [3.8, 4) is 6.07 Å². The van der Waals surface area contributed by atoms with Gasteiger partial charge in [0.05, 0.1) is 23.4 Å². The Hall–Kier alpha value is -2.38. The summed E-state index contributed by atoms with van der Waals surface area (Å²) < 4.78 is 13.5. The zero-order valence-corrected chi connectivity index (χ0v) is 12.5. The highest BCUT2D eigenvalue weighted by atomic mass is 19.1. The topological polar surface area (TPSA) is 53.0 Å². The Kier molecular flexibility index (Phi) is 3.82. The summed E-state index contributed by atoms with van der Waals surface area (Å²) >= 11 is 0. The van der Waals surface area contributed by atoms with Crippen molar-refractivity contribution < 1.29 is 4.39 Å². The maximum atomic E-state index is 13.5. The van der Waals surface area contributed by atoms with Gasteiger partial charge in [0.15, 0.2) is 0 Å². The fraction of sp³-hybridized carbons (Fsp3) is 0.278. The number of hydrogen-bond donors (Lipinski definition) is 1. The predicted octanol–water partition coefficient (Wildman–Crippen LogP) is 3.46. The molecule has 0 aliphatic heterocycles. The molecule has 0 radical (unpaired) electrons. The average molecular weight is 295 g/mol. The molecule has 1 unspecified atom stereocenters. The molecule has 112 valence electrons. The van der Waals surface area contributed by atoms with Crippen molar-refractivity contribution in [3.63, 3.8) is 0 Å². The number of nitrogens with two attached hydrogens (primary N) is 1. The SMILES string of the molecule is CN(C1CC1)C(c1cccc(C#N)c1)c1ccc(F)c(N)c1. The third kappa shape index (κ3) is 2.81. The van der Waals surface area contributed by atoms with Crippen LogP contribution in [0.5, 0.6) is 0 Å².